The highest BCUT2D eigenvalue weighted by Gasteiger charge is 2.35. The van der Waals surface area contributed by atoms with E-state index in [-0.39, 0.29) is 5.41 Å². The van der Waals surface area contributed by atoms with E-state index in [1.165, 1.54) is 27.8 Å². The van der Waals surface area contributed by atoms with Gasteiger partial charge in [0, 0.05) is 21.1 Å². The molecule has 0 aliphatic carbocycles. The number of benzene rings is 2. The molecule has 1 aliphatic rings. The van der Waals surface area contributed by atoms with Crippen molar-refractivity contribution in [1.82, 2.24) is 15.5 Å². The summed E-state index contributed by atoms with van der Waals surface area (Å²) in [7, 11) is 0. The first kappa shape index (κ1) is 17.7. The predicted molar refractivity (Wildman–Crippen MR) is 116 cm³/mol. The van der Waals surface area contributed by atoms with Crippen molar-refractivity contribution >= 4 is 22.6 Å². The number of hydrogen-bond donors (Lipinski definition) is 2. The molecule has 0 spiro atoms. The van der Waals surface area contributed by atoms with Gasteiger partial charge in [-0.3, -0.25) is 5.10 Å². The lowest BCUT2D eigenvalue weighted by Crippen LogP contribution is -2.40. The molecule has 0 amide bonds. The van der Waals surface area contributed by atoms with Gasteiger partial charge >= 0.3 is 0 Å². The molecule has 0 bridgehead atoms. The van der Waals surface area contributed by atoms with Crippen molar-refractivity contribution in [2.75, 3.05) is 13.1 Å². The summed E-state index contributed by atoms with van der Waals surface area (Å²) in [5.74, 6) is 0. The Morgan fingerprint density at radius 2 is 1.58 bits per heavy atom. The van der Waals surface area contributed by atoms with Crippen molar-refractivity contribution in [3.8, 4) is 11.1 Å². The predicted octanol–water partition coefficient (Wildman–Crippen LogP) is 4.99. The Morgan fingerprint density at radius 1 is 0.962 bits per heavy atom. The van der Waals surface area contributed by atoms with Gasteiger partial charge in [0.1, 0.15) is 0 Å². The topological polar surface area (TPSA) is 40.7 Å². The van der Waals surface area contributed by atoms with E-state index in [1.54, 1.807) is 0 Å². The van der Waals surface area contributed by atoms with Crippen molar-refractivity contribution in [3.63, 3.8) is 0 Å². The van der Waals surface area contributed by atoms with Gasteiger partial charge in [-0.05, 0) is 55.1 Å². The van der Waals surface area contributed by atoms with Gasteiger partial charge in [0.15, 0.2) is 0 Å². The first-order valence-electron chi connectivity index (χ1n) is 9.20. The maximum absolute atomic E-state index is 4.15. The molecule has 134 valence electrons. The highest BCUT2D eigenvalue weighted by molar-refractivity contribution is 14.1. The van der Waals surface area contributed by atoms with Crippen molar-refractivity contribution in [2.24, 2.45) is 0 Å². The van der Waals surface area contributed by atoms with Crippen LogP contribution in [0.5, 0.6) is 0 Å². The van der Waals surface area contributed by atoms with E-state index in [1.807, 2.05) is 6.20 Å². The molecule has 1 saturated heterocycles. The number of aryl methyl sites for hydroxylation is 1. The number of nitrogens with zero attached hydrogens (tertiary/aromatic N) is 1. The number of nitrogens with one attached hydrogen (secondary N) is 2. The fraction of sp³-hybridized carbons (Fsp3) is 0.318. The van der Waals surface area contributed by atoms with E-state index in [2.05, 4.69) is 93.6 Å². The Kier molecular flexibility index (Phi) is 5.14. The third-order valence-electron chi connectivity index (χ3n) is 5.70. The van der Waals surface area contributed by atoms with Crippen LogP contribution in [0.4, 0.5) is 0 Å². The molecule has 2 heterocycles. The standard InChI is InChI=1S/C22H24IN3/c1-16-21(15-25-26-16)18-4-8-20(9-5-18)22(10-12-24-13-11-22)19-6-2-17(14-23)3-7-19/h2-9,15,24H,10-14H2,1H3,(H,25,26). The lowest BCUT2D eigenvalue weighted by molar-refractivity contribution is 0.362. The van der Waals surface area contributed by atoms with Gasteiger partial charge in [-0.25, -0.2) is 0 Å². The Morgan fingerprint density at radius 3 is 2.12 bits per heavy atom. The van der Waals surface area contributed by atoms with Crippen molar-refractivity contribution < 1.29 is 0 Å². The molecule has 3 nitrogen and oxygen atoms in total. The molecule has 0 radical (unpaired) electrons. The van der Waals surface area contributed by atoms with Gasteiger partial charge in [-0.2, -0.15) is 5.10 Å². The second kappa shape index (κ2) is 7.53. The summed E-state index contributed by atoms with van der Waals surface area (Å²) < 4.78 is 1.06. The molecule has 1 aliphatic heterocycles. The molecule has 0 saturated carbocycles. The van der Waals surface area contributed by atoms with Gasteiger partial charge in [-0.15, -0.1) is 0 Å². The number of aromatic amines is 1. The van der Waals surface area contributed by atoms with Crippen LogP contribution in [0.2, 0.25) is 0 Å². The Bertz CT molecular complexity index is 859. The van der Waals surface area contributed by atoms with Crippen LogP contribution in [0.3, 0.4) is 0 Å². The molecule has 1 aromatic heterocycles. The maximum Gasteiger partial charge on any atom is 0.0568 e. The molecule has 4 rings (SSSR count). The van der Waals surface area contributed by atoms with E-state index < -0.39 is 0 Å². The molecule has 1 fully saturated rings. The van der Waals surface area contributed by atoms with Crippen LogP contribution < -0.4 is 5.32 Å². The zero-order valence-corrected chi connectivity index (χ0v) is 17.2. The molecule has 2 N–H and O–H groups in total. The number of piperidine rings is 1. The highest BCUT2D eigenvalue weighted by Crippen LogP contribution is 2.41. The first-order valence-corrected chi connectivity index (χ1v) is 10.7. The quantitative estimate of drug-likeness (QED) is 0.428. The fourth-order valence-electron chi connectivity index (χ4n) is 4.12. The Balaban J connectivity index is 1.73. The zero-order valence-electron chi connectivity index (χ0n) is 15.1. The molecule has 3 aromatic rings. The molecule has 2 aromatic carbocycles. The molecule has 4 heteroatoms. The third-order valence-corrected chi connectivity index (χ3v) is 6.58. The summed E-state index contributed by atoms with van der Waals surface area (Å²) in [5.41, 5.74) is 7.89. The summed E-state index contributed by atoms with van der Waals surface area (Å²) in [6.45, 7) is 4.20. The summed E-state index contributed by atoms with van der Waals surface area (Å²) >= 11 is 2.43. The average molecular weight is 457 g/mol. The van der Waals surface area contributed by atoms with E-state index in [9.17, 15) is 0 Å². The molecule has 26 heavy (non-hydrogen) atoms. The number of alkyl halides is 1. The molecule has 0 atom stereocenters. The van der Waals surface area contributed by atoms with Gasteiger partial charge in [-0.1, -0.05) is 71.1 Å². The summed E-state index contributed by atoms with van der Waals surface area (Å²) in [4.78, 5) is 0. The SMILES string of the molecule is Cc1[nH]ncc1-c1ccc(C2(c3ccc(CI)cc3)CCNCC2)cc1. The number of H-pyrrole nitrogens is 1. The number of hydrogen-bond acceptors (Lipinski definition) is 2. The van der Waals surface area contributed by atoms with Crippen LogP contribution >= 0.6 is 22.6 Å². The summed E-state index contributed by atoms with van der Waals surface area (Å²) in [6.07, 6.45) is 4.19. The number of aromatic nitrogens is 2. The third kappa shape index (κ3) is 3.21. The minimum absolute atomic E-state index is 0.110. The van der Waals surface area contributed by atoms with Gasteiger partial charge < -0.3 is 5.32 Å². The number of rotatable bonds is 4. The first-order chi connectivity index (χ1) is 12.7. The van der Waals surface area contributed by atoms with E-state index in [4.69, 9.17) is 0 Å². The monoisotopic (exact) mass is 457 g/mol. The summed E-state index contributed by atoms with van der Waals surface area (Å²) in [6, 6.07) is 18.4. The maximum atomic E-state index is 4.15. The van der Waals surface area contributed by atoms with E-state index >= 15 is 0 Å². The molecule has 0 unspecified atom stereocenters. The smallest absolute Gasteiger partial charge is 0.0568 e. The molecular weight excluding hydrogens is 433 g/mol. The summed E-state index contributed by atoms with van der Waals surface area (Å²) in [5, 5.41) is 10.7. The van der Waals surface area contributed by atoms with E-state index in [0.717, 1.165) is 36.1 Å². The van der Waals surface area contributed by atoms with Gasteiger partial charge in [0.05, 0.1) is 6.20 Å². The second-order valence-electron chi connectivity index (χ2n) is 7.15. The molecular formula is C22H24IN3. The van der Waals surface area contributed by atoms with Crippen molar-refractivity contribution in [1.29, 1.82) is 0 Å². The van der Waals surface area contributed by atoms with Crippen molar-refractivity contribution in [3.05, 3.63) is 77.1 Å². The number of halogens is 1. The van der Waals surface area contributed by atoms with Crippen molar-refractivity contribution in [2.45, 2.75) is 29.6 Å². The van der Waals surface area contributed by atoms with Gasteiger partial charge in [0.25, 0.3) is 0 Å². The van der Waals surface area contributed by atoms with E-state index in [0.29, 0.717) is 0 Å². The normalized spacial score (nSPS) is 16.5. The zero-order chi connectivity index (χ0) is 18.0. The van der Waals surface area contributed by atoms with Crippen LogP contribution in [-0.2, 0) is 9.84 Å². The van der Waals surface area contributed by atoms with Crippen LogP contribution in [-0.4, -0.2) is 23.3 Å². The Labute approximate surface area is 168 Å². The Hall–Kier alpha value is -1.66. The average Bonchev–Trinajstić information content (AvgIpc) is 3.14. The largest absolute Gasteiger partial charge is 0.317 e. The van der Waals surface area contributed by atoms with Crippen LogP contribution in [0.15, 0.2) is 54.7 Å². The highest BCUT2D eigenvalue weighted by atomic mass is 127. The van der Waals surface area contributed by atoms with Crippen LogP contribution in [0.25, 0.3) is 11.1 Å². The fourth-order valence-corrected chi connectivity index (χ4v) is 4.63. The lowest BCUT2D eigenvalue weighted by atomic mass is 9.68. The van der Waals surface area contributed by atoms with Crippen LogP contribution in [0.1, 0.15) is 35.2 Å². The second-order valence-corrected chi connectivity index (χ2v) is 7.91. The minimum atomic E-state index is 0.110. The minimum Gasteiger partial charge on any atom is -0.317 e. The van der Waals surface area contributed by atoms with Gasteiger partial charge in [0.2, 0.25) is 0 Å². The lowest BCUT2D eigenvalue weighted by Gasteiger charge is -2.39. The van der Waals surface area contributed by atoms with Crippen LogP contribution in [0, 0.1) is 6.92 Å².